The Balaban J connectivity index is 1.34. The van der Waals surface area contributed by atoms with E-state index in [0.717, 1.165) is 49.0 Å². The lowest BCUT2D eigenvalue weighted by molar-refractivity contribution is -0.123. The zero-order valence-electron chi connectivity index (χ0n) is 24.7. The van der Waals surface area contributed by atoms with E-state index < -0.39 is 6.04 Å². The van der Waals surface area contributed by atoms with Gasteiger partial charge in [0.2, 0.25) is 11.8 Å². The number of hydrogen-bond donors (Lipinski definition) is 4. The molecule has 0 spiro atoms. The third-order valence-corrected chi connectivity index (χ3v) is 9.43. The average molecular weight is 565 g/mol. The zero-order valence-corrected chi connectivity index (χ0v) is 24.7. The zero-order chi connectivity index (χ0) is 29.5. The molecule has 1 unspecified atom stereocenters. The number of likely N-dealkylation sites (tertiary alicyclic amines) is 1. The minimum Gasteiger partial charge on any atom is -0.370 e. The highest BCUT2D eigenvalue weighted by molar-refractivity contribution is 6.05. The van der Waals surface area contributed by atoms with Gasteiger partial charge in [-0.2, -0.15) is 5.26 Å². The molecule has 2 aliphatic heterocycles. The van der Waals surface area contributed by atoms with Gasteiger partial charge in [-0.15, -0.1) is 0 Å². The maximum absolute atomic E-state index is 13.8. The molecule has 224 valence electrons. The number of carbonyl (C=O) groups excluding carboxylic acids is 2. The number of nitriles is 1. The molecule has 1 aliphatic carbocycles. The quantitative estimate of drug-likeness (QED) is 0.182. The number of amides is 2. The number of hydrogen-bond acceptors (Lipinski definition) is 6. The van der Waals surface area contributed by atoms with Gasteiger partial charge in [0.1, 0.15) is 0 Å². The van der Waals surface area contributed by atoms with Gasteiger partial charge >= 0.3 is 0 Å². The van der Waals surface area contributed by atoms with E-state index >= 15 is 0 Å². The Morgan fingerprint density at radius 2 is 1.83 bits per heavy atom. The van der Waals surface area contributed by atoms with Crippen LogP contribution in [-0.2, 0) is 9.59 Å². The topological polar surface area (TPSA) is 167 Å². The van der Waals surface area contributed by atoms with E-state index in [1.807, 2.05) is 17.0 Å². The SMILES string of the molecule is CC(C)C1CCC(N2CCC(N3C(=O)C(CCNC(=O)[C@@H](N)CCCN=C(N)N)c4cc(C#N)ccc43)CC2)CC1. The maximum Gasteiger partial charge on any atom is 0.236 e. The fraction of sp³-hybridized carbons (Fsp3) is 0.677. The first-order valence-corrected chi connectivity index (χ1v) is 15.4. The summed E-state index contributed by atoms with van der Waals surface area (Å²) in [6, 6.07) is 7.93. The summed E-state index contributed by atoms with van der Waals surface area (Å²) in [5, 5.41) is 12.4. The molecule has 4 rings (SSSR count). The molecule has 1 aromatic rings. The second-order valence-electron chi connectivity index (χ2n) is 12.4. The molecule has 0 bridgehead atoms. The number of anilines is 1. The van der Waals surface area contributed by atoms with Crippen LogP contribution in [0.4, 0.5) is 5.69 Å². The van der Waals surface area contributed by atoms with Gasteiger partial charge in [-0.25, -0.2) is 0 Å². The predicted octanol–water partition coefficient (Wildman–Crippen LogP) is 2.55. The van der Waals surface area contributed by atoms with E-state index in [4.69, 9.17) is 17.2 Å². The van der Waals surface area contributed by atoms with Crippen LogP contribution in [0.3, 0.4) is 0 Å². The molecule has 2 heterocycles. The van der Waals surface area contributed by atoms with Crippen LogP contribution >= 0.6 is 0 Å². The number of rotatable bonds is 11. The van der Waals surface area contributed by atoms with E-state index in [1.165, 1.54) is 25.7 Å². The fourth-order valence-corrected chi connectivity index (χ4v) is 6.96. The Kier molecular flexibility index (Phi) is 10.6. The van der Waals surface area contributed by atoms with E-state index in [1.54, 1.807) is 6.07 Å². The van der Waals surface area contributed by atoms with Crippen molar-refractivity contribution in [2.24, 2.45) is 34.0 Å². The molecule has 7 N–H and O–H groups in total. The number of benzene rings is 1. The predicted molar refractivity (Wildman–Crippen MR) is 162 cm³/mol. The van der Waals surface area contributed by atoms with Gasteiger partial charge in [0.15, 0.2) is 5.96 Å². The van der Waals surface area contributed by atoms with Crippen LogP contribution in [0.25, 0.3) is 0 Å². The number of nitrogens with one attached hydrogen (secondary N) is 1. The standard InChI is InChI=1S/C31H48N8O2/c1-20(2)22-6-8-23(9-7-22)38-16-12-24(13-17-38)39-28-10-5-21(19-32)18-26(28)25(30(39)41)11-15-36-29(40)27(33)4-3-14-37-31(34)35/h5,10,18,20,22-25,27H,3-4,6-9,11-17,33H2,1-2H3,(H,36,40)(H4,34,35,37)/t22?,23?,25?,27-/m0/s1. The second-order valence-corrected chi connectivity index (χ2v) is 12.4. The Bertz CT molecular complexity index is 1130. The summed E-state index contributed by atoms with van der Waals surface area (Å²) in [5.41, 5.74) is 19.0. The summed E-state index contributed by atoms with van der Waals surface area (Å²) in [7, 11) is 0. The number of carbonyl (C=O) groups is 2. The molecule has 1 saturated heterocycles. The molecule has 41 heavy (non-hydrogen) atoms. The summed E-state index contributed by atoms with van der Waals surface area (Å²) in [4.78, 5) is 34.9. The highest BCUT2D eigenvalue weighted by Gasteiger charge is 2.42. The molecule has 0 aromatic heterocycles. The molecule has 2 fully saturated rings. The van der Waals surface area contributed by atoms with E-state index in [9.17, 15) is 14.9 Å². The van der Waals surface area contributed by atoms with Gasteiger partial charge in [0.25, 0.3) is 0 Å². The van der Waals surface area contributed by atoms with Crippen LogP contribution in [0.1, 0.15) is 88.7 Å². The average Bonchev–Trinajstić information content (AvgIpc) is 3.25. The molecule has 2 amide bonds. The summed E-state index contributed by atoms with van der Waals surface area (Å²) in [6.45, 7) is 7.47. The Morgan fingerprint density at radius 3 is 2.46 bits per heavy atom. The van der Waals surface area contributed by atoms with E-state index in [2.05, 4.69) is 35.1 Å². The van der Waals surface area contributed by atoms with Crippen molar-refractivity contribution in [1.82, 2.24) is 10.2 Å². The molecule has 2 atom stereocenters. The molecule has 10 heteroatoms. The van der Waals surface area contributed by atoms with Gasteiger partial charge in [-0.3, -0.25) is 14.6 Å². The third-order valence-electron chi connectivity index (χ3n) is 9.43. The molecule has 1 saturated carbocycles. The van der Waals surface area contributed by atoms with E-state index in [0.29, 0.717) is 44.0 Å². The first kappa shape index (κ1) is 30.8. The molecule has 1 aromatic carbocycles. The number of nitrogens with zero attached hydrogens (tertiary/aromatic N) is 4. The molecule has 3 aliphatic rings. The van der Waals surface area contributed by atoms with Crippen molar-refractivity contribution in [2.45, 2.75) is 95.7 Å². The monoisotopic (exact) mass is 564 g/mol. The number of fused-ring (bicyclic) bond motifs is 1. The highest BCUT2D eigenvalue weighted by atomic mass is 16.2. The first-order chi connectivity index (χ1) is 19.7. The lowest BCUT2D eigenvalue weighted by Crippen LogP contribution is -2.50. The Morgan fingerprint density at radius 1 is 1.12 bits per heavy atom. The molecule has 0 radical (unpaired) electrons. The highest BCUT2D eigenvalue weighted by Crippen LogP contribution is 2.43. The Hall–Kier alpha value is -3.16. The van der Waals surface area contributed by atoms with Gasteiger partial charge < -0.3 is 32.3 Å². The lowest BCUT2D eigenvalue weighted by Gasteiger charge is -2.43. The first-order valence-electron chi connectivity index (χ1n) is 15.4. The van der Waals surface area contributed by atoms with Crippen LogP contribution in [0.15, 0.2) is 23.2 Å². The van der Waals surface area contributed by atoms with Crippen molar-refractivity contribution in [2.75, 3.05) is 31.1 Å². The van der Waals surface area contributed by atoms with Crippen molar-refractivity contribution >= 4 is 23.5 Å². The Labute approximate surface area is 244 Å². The van der Waals surface area contributed by atoms with Crippen molar-refractivity contribution < 1.29 is 9.59 Å². The maximum atomic E-state index is 13.8. The number of aliphatic imine (C=N–C) groups is 1. The summed E-state index contributed by atoms with van der Waals surface area (Å²) in [6.07, 6.45) is 8.64. The molecule has 10 nitrogen and oxygen atoms in total. The number of nitrogens with two attached hydrogens (primary N) is 3. The number of piperidine rings is 1. The van der Waals surface area contributed by atoms with Crippen LogP contribution < -0.4 is 27.4 Å². The van der Waals surface area contributed by atoms with Crippen molar-refractivity contribution in [3.8, 4) is 6.07 Å². The van der Waals surface area contributed by atoms with E-state index in [-0.39, 0.29) is 29.7 Å². The molecular formula is C31H48N8O2. The van der Waals surface area contributed by atoms with Gasteiger partial charge in [0, 0.05) is 44.0 Å². The fourth-order valence-electron chi connectivity index (χ4n) is 6.96. The molecular weight excluding hydrogens is 516 g/mol. The summed E-state index contributed by atoms with van der Waals surface area (Å²) >= 11 is 0. The van der Waals surface area contributed by atoms with Crippen molar-refractivity contribution in [1.29, 1.82) is 5.26 Å². The van der Waals surface area contributed by atoms with Crippen molar-refractivity contribution in [3.05, 3.63) is 29.3 Å². The van der Waals surface area contributed by atoms with Crippen LogP contribution in [0, 0.1) is 23.2 Å². The van der Waals surface area contributed by atoms with Crippen LogP contribution in [-0.4, -0.2) is 67.0 Å². The number of guanidine groups is 1. The second kappa shape index (κ2) is 14.1. The largest absolute Gasteiger partial charge is 0.370 e. The normalized spacial score (nSPS) is 24.1. The summed E-state index contributed by atoms with van der Waals surface area (Å²) in [5.74, 6) is 1.08. The van der Waals surface area contributed by atoms with Gasteiger partial charge in [-0.05, 0) is 93.4 Å². The minimum absolute atomic E-state index is 0.0210. The third kappa shape index (κ3) is 7.57. The summed E-state index contributed by atoms with van der Waals surface area (Å²) < 4.78 is 0. The minimum atomic E-state index is -0.664. The smallest absolute Gasteiger partial charge is 0.236 e. The lowest BCUT2D eigenvalue weighted by atomic mass is 9.79. The van der Waals surface area contributed by atoms with Gasteiger partial charge in [0.05, 0.1) is 23.6 Å². The van der Waals surface area contributed by atoms with Gasteiger partial charge in [-0.1, -0.05) is 13.8 Å². The van der Waals surface area contributed by atoms with Crippen LogP contribution in [0.2, 0.25) is 0 Å². The van der Waals surface area contributed by atoms with Crippen molar-refractivity contribution in [3.63, 3.8) is 0 Å². The van der Waals surface area contributed by atoms with Crippen LogP contribution in [0.5, 0.6) is 0 Å².